The first-order valence-corrected chi connectivity index (χ1v) is 6.41. The van der Waals surface area contributed by atoms with Crippen molar-refractivity contribution < 1.29 is 0 Å². The van der Waals surface area contributed by atoms with Gasteiger partial charge in [-0.05, 0) is 24.6 Å². The van der Waals surface area contributed by atoms with E-state index in [1.807, 2.05) is 24.3 Å². The molecule has 0 atom stereocenters. The number of hydrogen-bond donors (Lipinski definition) is 0. The molecule has 0 saturated heterocycles. The molecule has 0 bridgehead atoms. The Morgan fingerprint density at radius 3 is 2.18 bits per heavy atom. The van der Waals surface area contributed by atoms with Crippen molar-refractivity contribution >= 4 is 17.7 Å². The molecular formula is C15H15NS. The van der Waals surface area contributed by atoms with Crippen LogP contribution in [-0.2, 0) is 6.42 Å². The van der Waals surface area contributed by atoms with Crippen molar-refractivity contribution in [3.8, 4) is 0 Å². The first-order valence-electron chi connectivity index (χ1n) is 5.64. The van der Waals surface area contributed by atoms with Gasteiger partial charge in [0, 0.05) is 29.0 Å². The fraction of sp³-hybridized carbons (Fsp3) is 0.133. The normalized spacial score (nSPS) is 11.5. The summed E-state index contributed by atoms with van der Waals surface area (Å²) in [6.45, 7) is 2.07. The minimum atomic E-state index is 0.917. The molecule has 0 aliphatic rings. The first-order chi connectivity index (χ1) is 8.34. The van der Waals surface area contributed by atoms with Gasteiger partial charge in [-0.2, -0.15) is 0 Å². The Morgan fingerprint density at radius 2 is 1.53 bits per heavy atom. The van der Waals surface area contributed by atoms with Crippen LogP contribution < -0.4 is 0 Å². The molecule has 2 aromatic rings. The summed E-state index contributed by atoms with van der Waals surface area (Å²) < 4.78 is 4.52. The zero-order valence-electron chi connectivity index (χ0n) is 9.84. The molecule has 0 spiro atoms. The zero-order valence-corrected chi connectivity index (χ0v) is 10.7. The molecule has 0 saturated carbocycles. The Bertz CT molecular complexity index is 477. The molecule has 2 heteroatoms. The molecule has 0 amide bonds. The SMILES string of the molecule is C/C(Cc1ccccc1)=N\Sc1ccccc1. The molecule has 2 rings (SSSR count). The fourth-order valence-corrected chi connectivity index (χ4v) is 2.14. The van der Waals surface area contributed by atoms with Crippen LogP contribution in [0.25, 0.3) is 0 Å². The lowest BCUT2D eigenvalue weighted by molar-refractivity contribution is 1.31. The Morgan fingerprint density at radius 1 is 0.941 bits per heavy atom. The van der Waals surface area contributed by atoms with Crippen LogP contribution in [0.4, 0.5) is 0 Å². The Hall–Kier alpha value is -1.54. The van der Waals surface area contributed by atoms with Crippen LogP contribution >= 0.6 is 11.9 Å². The average Bonchev–Trinajstić information content (AvgIpc) is 2.39. The van der Waals surface area contributed by atoms with E-state index >= 15 is 0 Å². The maximum Gasteiger partial charge on any atom is 0.0305 e. The second kappa shape index (κ2) is 6.26. The molecular weight excluding hydrogens is 226 g/mol. The smallest absolute Gasteiger partial charge is 0.0305 e. The van der Waals surface area contributed by atoms with Crippen LogP contribution in [-0.4, -0.2) is 5.71 Å². The molecule has 0 fully saturated rings. The Kier molecular flexibility index (Phi) is 4.39. The fourth-order valence-electron chi connectivity index (χ4n) is 1.54. The molecule has 1 nitrogen and oxygen atoms in total. The second-order valence-corrected chi connectivity index (χ2v) is 4.73. The average molecular weight is 241 g/mol. The summed E-state index contributed by atoms with van der Waals surface area (Å²) in [4.78, 5) is 1.18. The van der Waals surface area contributed by atoms with Gasteiger partial charge in [0.15, 0.2) is 0 Å². The molecule has 0 unspecified atom stereocenters. The van der Waals surface area contributed by atoms with Crippen molar-refractivity contribution in [2.24, 2.45) is 4.40 Å². The lowest BCUT2D eigenvalue weighted by Gasteiger charge is -2.00. The van der Waals surface area contributed by atoms with Gasteiger partial charge in [0.2, 0.25) is 0 Å². The third-order valence-electron chi connectivity index (χ3n) is 2.35. The van der Waals surface area contributed by atoms with Gasteiger partial charge in [0.25, 0.3) is 0 Å². The van der Waals surface area contributed by atoms with Crippen LogP contribution in [0.1, 0.15) is 12.5 Å². The highest BCUT2D eigenvalue weighted by molar-refractivity contribution is 7.98. The molecule has 86 valence electrons. The number of hydrogen-bond acceptors (Lipinski definition) is 2. The summed E-state index contributed by atoms with van der Waals surface area (Å²) in [7, 11) is 0. The molecule has 2 aromatic carbocycles. The largest absolute Gasteiger partial charge is 0.220 e. The van der Waals surface area contributed by atoms with E-state index in [9.17, 15) is 0 Å². The molecule has 0 aliphatic carbocycles. The quantitative estimate of drug-likeness (QED) is 0.571. The lowest BCUT2D eigenvalue weighted by Crippen LogP contribution is -1.95. The minimum absolute atomic E-state index is 0.917. The third-order valence-corrected chi connectivity index (χ3v) is 3.24. The third kappa shape index (κ3) is 4.08. The van der Waals surface area contributed by atoms with E-state index in [2.05, 4.69) is 47.7 Å². The van der Waals surface area contributed by atoms with E-state index in [1.165, 1.54) is 22.4 Å². The molecule has 0 aromatic heterocycles. The van der Waals surface area contributed by atoms with Crippen LogP contribution in [0.5, 0.6) is 0 Å². The first kappa shape index (κ1) is 11.9. The van der Waals surface area contributed by atoms with Crippen LogP contribution in [0, 0.1) is 0 Å². The molecule has 17 heavy (non-hydrogen) atoms. The predicted molar refractivity (Wildman–Crippen MR) is 75.6 cm³/mol. The van der Waals surface area contributed by atoms with E-state index in [4.69, 9.17) is 0 Å². The van der Waals surface area contributed by atoms with Crippen LogP contribution in [0.15, 0.2) is 70.0 Å². The molecule has 0 radical (unpaired) electrons. The van der Waals surface area contributed by atoms with Gasteiger partial charge < -0.3 is 0 Å². The van der Waals surface area contributed by atoms with Crippen LogP contribution in [0.2, 0.25) is 0 Å². The van der Waals surface area contributed by atoms with Crippen LogP contribution in [0.3, 0.4) is 0 Å². The summed E-state index contributed by atoms with van der Waals surface area (Å²) >= 11 is 1.54. The summed E-state index contributed by atoms with van der Waals surface area (Å²) in [6.07, 6.45) is 0.917. The van der Waals surface area contributed by atoms with E-state index in [1.54, 1.807) is 0 Å². The predicted octanol–water partition coefficient (Wildman–Crippen LogP) is 4.40. The van der Waals surface area contributed by atoms with Gasteiger partial charge in [-0.1, -0.05) is 48.5 Å². The van der Waals surface area contributed by atoms with E-state index in [0.717, 1.165) is 12.1 Å². The van der Waals surface area contributed by atoms with Gasteiger partial charge in [-0.25, -0.2) is 4.40 Å². The maximum absolute atomic E-state index is 4.52. The number of benzene rings is 2. The summed E-state index contributed by atoms with van der Waals surface area (Å²) in [5.74, 6) is 0. The highest BCUT2D eigenvalue weighted by Crippen LogP contribution is 2.18. The highest BCUT2D eigenvalue weighted by atomic mass is 32.2. The van der Waals surface area contributed by atoms with Crippen molar-refractivity contribution in [3.05, 3.63) is 66.2 Å². The van der Waals surface area contributed by atoms with Crippen molar-refractivity contribution in [2.75, 3.05) is 0 Å². The second-order valence-electron chi connectivity index (χ2n) is 3.89. The molecule has 0 aliphatic heterocycles. The number of rotatable bonds is 4. The van der Waals surface area contributed by atoms with Gasteiger partial charge >= 0.3 is 0 Å². The van der Waals surface area contributed by atoms with Crippen molar-refractivity contribution in [3.63, 3.8) is 0 Å². The molecule has 0 heterocycles. The van der Waals surface area contributed by atoms with Gasteiger partial charge in [-0.15, -0.1) is 0 Å². The Labute approximate surface area is 107 Å². The lowest BCUT2D eigenvalue weighted by atomic mass is 10.1. The molecule has 0 N–H and O–H groups in total. The van der Waals surface area contributed by atoms with E-state index in [-0.39, 0.29) is 0 Å². The zero-order chi connectivity index (χ0) is 11.9. The summed E-state index contributed by atoms with van der Waals surface area (Å²) in [6, 6.07) is 20.7. The van der Waals surface area contributed by atoms with E-state index < -0.39 is 0 Å². The van der Waals surface area contributed by atoms with Gasteiger partial charge in [0.05, 0.1) is 0 Å². The topological polar surface area (TPSA) is 12.4 Å². The summed E-state index contributed by atoms with van der Waals surface area (Å²) in [5, 5.41) is 0. The standard InChI is InChI=1S/C15H15NS/c1-13(12-14-8-4-2-5-9-14)16-17-15-10-6-3-7-11-15/h2-11H,12H2,1H3/b16-13+. The van der Waals surface area contributed by atoms with E-state index in [0.29, 0.717) is 0 Å². The maximum atomic E-state index is 4.52. The Balaban J connectivity index is 1.94. The van der Waals surface area contributed by atoms with Crippen molar-refractivity contribution in [1.29, 1.82) is 0 Å². The minimum Gasteiger partial charge on any atom is -0.220 e. The van der Waals surface area contributed by atoms with Crippen molar-refractivity contribution in [1.82, 2.24) is 0 Å². The summed E-state index contributed by atoms with van der Waals surface area (Å²) in [5.41, 5.74) is 2.45. The number of nitrogens with zero attached hydrogens (tertiary/aromatic N) is 1. The monoisotopic (exact) mass is 241 g/mol. The highest BCUT2D eigenvalue weighted by Gasteiger charge is 1.96. The van der Waals surface area contributed by atoms with Gasteiger partial charge in [0.1, 0.15) is 0 Å². The van der Waals surface area contributed by atoms with Gasteiger partial charge in [-0.3, -0.25) is 0 Å². The van der Waals surface area contributed by atoms with Crippen molar-refractivity contribution in [2.45, 2.75) is 18.2 Å².